The number of nitrogens with one attached hydrogen (secondary N) is 1. The summed E-state index contributed by atoms with van der Waals surface area (Å²) in [5.41, 5.74) is 0. The molecule has 1 N–H and O–H groups in total. The molecule has 2 nitrogen and oxygen atoms in total. The Hall–Kier alpha value is -0.0500. The van der Waals surface area contributed by atoms with Crippen LogP contribution in [0, 0.1) is 5.92 Å². The Balaban J connectivity index is 2.10. The second-order valence-electron chi connectivity index (χ2n) is 3.62. The normalized spacial score (nSPS) is 19.8. The monoisotopic (exact) mass is 233 g/mol. The number of halogens is 1. The van der Waals surface area contributed by atoms with Crippen LogP contribution in [-0.2, 0) is 4.79 Å². The molecule has 0 aliphatic heterocycles. The Morgan fingerprint density at radius 2 is 2.33 bits per heavy atom. The third-order valence-corrected chi connectivity index (χ3v) is 3.31. The zero-order valence-electron chi connectivity index (χ0n) is 7.48. The van der Waals surface area contributed by atoms with E-state index in [2.05, 4.69) is 21.2 Å². The van der Waals surface area contributed by atoms with Gasteiger partial charge in [0.1, 0.15) is 0 Å². The van der Waals surface area contributed by atoms with E-state index in [1.165, 1.54) is 19.3 Å². The zero-order valence-corrected chi connectivity index (χ0v) is 9.06. The fourth-order valence-corrected chi connectivity index (χ4v) is 1.49. The van der Waals surface area contributed by atoms with Crippen molar-refractivity contribution in [2.75, 3.05) is 5.33 Å². The highest BCUT2D eigenvalue weighted by atomic mass is 79.9. The van der Waals surface area contributed by atoms with Gasteiger partial charge in [-0.2, -0.15) is 0 Å². The summed E-state index contributed by atoms with van der Waals surface area (Å²) < 4.78 is 0. The molecule has 1 aliphatic rings. The first-order valence-electron chi connectivity index (χ1n) is 4.57. The van der Waals surface area contributed by atoms with Crippen LogP contribution in [0.4, 0.5) is 0 Å². The lowest BCUT2D eigenvalue weighted by atomic mass is 9.83. The van der Waals surface area contributed by atoms with Crippen molar-refractivity contribution in [3.8, 4) is 0 Å². The first kappa shape index (κ1) is 10.0. The van der Waals surface area contributed by atoms with Crippen LogP contribution in [0.1, 0.15) is 32.6 Å². The second-order valence-corrected chi connectivity index (χ2v) is 4.27. The summed E-state index contributed by atoms with van der Waals surface area (Å²) in [4.78, 5) is 11.3. The molecule has 3 heteroatoms. The lowest BCUT2D eigenvalue weighted by Crippen LogP contribution is -2.35. The summed E-state index contributed by atoms with van der Waals surface area (Å²) in [6.45, 7) is 2.01. The molecule has 0 spiro atoms. The molecule has 0 aromatic rings. The maximum absolute atomic E-state index is 11.3. The van der Waals surface area contributed by atoms with E-state index in [4.69, 9.17) is 0 Å². The van der Waals surface area contributed by atoms with Gasteiger partial charge in [-0.15, -0.1) is 0 Å². The first-order valence-corrected chi connectivity index (χ1v) is 5.70. The molecule has 0 heterocycles. The summed E-state index contributed by atoms with van der Waals surface area (Å²) in [6, 6.07) is 0.262. The van der Waals surface area contributed by atoms with E-state index in [-0.39, 0.29) is 11.9 Å². The molecule has 1 rings (SSSR count). The van der Waals surface area contributed by atoms with E-state index in [0.717, 1.165) is 11.8 Å². The number of alkyl halides is 1. The molecular weight excluding hydrogens is 218 g/mol. The maximum atomic E-state index is 11.3. The van der Waals surface area contributed by atoms with Crippen molar-refractivity contribution in [3.63, 3.8) is 0 Å². The maximum Gasteiger partial charge on any atom is 0.220 e. The number of amides is 1. The van der Waals surface area contributed by atoms with Crippen LogP contribution in [0.15, 0.2) is 0 Å². The number of carbonyl (C=O) groups is 1. The molecule has 1 unspecified atom stereocenters. The van der Waals surface area contributed by atoms with Crippen LogP contribution in [-0.4, -0.2) is 17.3 Å². The quantitative estimate of drug-likeness (QED) is 0.741. The molecular formula is C9H16BrNO. The summed E-state index contributed by atoms with van der Waals surface area (Å²) in [5.74, 6) is 0.888. The van der Waals surface area contributed by atoms with E-state index in [0.29, 0.717) is 5.92 Å². The SMILES string of the molecule is CC(CBr)NC(=O)CC1CCC1. The van der Waals surface area contributed by atoms with Gasteiger partial charge in [-0.1, -0.05) is 22.4 Å². The van der Waals surface area contributed by atoms with E-state index in [9.17, 15) is 4.79 Å². The van der Waals surface area contributed by atoms with Crippen LogP contribution in [0.5, 0.6) is 0 Å². The lowest BCUT2D eigenvalue weighted by Gasteiger charge is -2.25. The van der Waals surface area contributed by atoms with E-state index < -0.39 is 0 Å². The third-order valence-electron chi connectivity index (χ3n) is 2.34. The minimum Gasteiger partial charge on any atom is -0.353 e. The van der Waals surface area contributed by atoms with Crippen molar-refractivity contribution in [2.24, 2.45) is 5.92 Å². The minimum atomic E-state index is 0.214. The van der Waals surface area contributed by atoms with Crippen molar-refractivity contribution in [3.05, 3.63) is 0 Å². The number of hydrogen-bond acceptors (Lipinski definition) is 1. The summed E-state index contributed by atoms with van der Waals surface area (Å²) in [6.07, 6.45) is 4.54. The molecule has 1 fully saturated rings. The van der Waals surface area contributed by atoms with Crippen molar-refractivity contribution in [2.45, 2.75) is 38.6 Å². The van der Waals surface area contributed by atoms with Crippen LogP contribution in [0.3, 0.4) is 0 Å². The van der Waals surface area contributed by atoms with Gasteiger partial charge in [0.25, 0.3) is 0 Å². The predicted octanol–water partition coefficient (Wildman–Crippen LogP) is 2.08. The van der Waals surface area contributed by atoms with Gasteiger partial charge >= 0.3 is 0 Å². The van der Waals surface area contributed by atoms with Gasteiger partial charge in [0.2, 0.25) is 5.91 Å². The van der Waals surface area contributed by atoms with Crippen molar-refractivity contribution in [1.82, 2.24) is 5.32 Å². The van der Waals surface area contributed by atoms with Crippen molar-refractivity contribution < 1.29 is 4.79 Å². The van der Waals surface area contributed by atoms with Gasteiger partial charge in [-0.3, -0.25) is 4.79 Å². The van der Waals surface area contributed by atoms with Gasteiger partial charge in [-0.05, 0) is 25.7 Å². The molecule has 0 radical (unpaired) electrons. The predicted molar refractivity (Wildman–Crippen MR) is 53.4 cm³/mol. The van der Waals surface area contributed by atoms with Crippen LogP contribution in [0.25, 0.3) is 0 Å². The molecule has 12 heavy (non-hydrogen) atoms. The van der Waals surface area contributed by atoms with E-state index >= 15 is 0 Å². The van der Waals surface area contributed by atoms with Gasteiger partial charge in [0.05, 0.1) is 0 Å². The average Bonchev–Trinajstić information content (AvgIpc) is 1.97. The topological polar surface area (TPSA) is 29.1 Å². The molecule has 0 aromatic carbocycles. The van der Waals surface area contributed by atoms with Gasteiger partial charge < -0.3 is 5.32 Å². The zero-order chi connectivity index (χ0) is 8.97. The van der Waals surface area contributed by atoms with Gasteiger partial charge in [0.15, 0.2) is 0 Å². The Kier molecular flexibility index (Phi) is 4.06. The van der Waals surface area contributed by atoms with Gasteiger partial charge in [0, 0.05) is 17.8 Å². The Labute approximate surface area is 82.2 Å². The highest BCUT2D eigenvalue weighted by molar-refractivity contribution is 9.09. The number of carbonyl (C=O) groups excluding carboxylic acids is 1. The highest BCUT2D eigenvalue weighted by Crippen LogP contribution is 2.29. The molecule has 0 aromatic heterocycles. The fraction of sp³-hybridized carbons (Fsp3) is 0.889. The number of rotatable bonds is 4. The summed E-state index contributed by atoms with van der Waals surface area (Å²) in [7, 11) is 0. The Morgan fingerprint density at radius 1 is 1.67 bits per heavy atom. The van der Waals surface area contributed by atoms with Crippen LogP contribution in [0.2, 0.25) is 0 Å². The molecule has 70 valence electrons. The molecule has 1 atom stereocenters. The van der Waals surface area contributed by atoms with Crippen molar-refractivity contribution >= 4 is 21.8 Å². The lowest BCUT2D eigenvalue weighted by molar-refractivity contribution is -0.123. The smallest absolute Gasteiger partial charge is 0.220 e. The Bertz CT molecular complexity index is 148. The minimum absolute atomic E-state index is 0.214. The third kappa shape index (κ3) is 3.13. The fourth-order valence-electron chi connectivity index (χ4n) is 1.33. The number of hydrogen-bond donors (Lipinski definition) is 1. The molecule has 1 aliphatic carbocycles. The van der Waals surface area contributed by atoms with Crippen LogP contribution < -0.4 is 5.32 Å². The first-order chi connectivity index (χ1) is 5.72. The molecule has 0 saturated heterocycles. The van der Waals surface area contributed by atoms with Crippen molar-refractivity contribution in [1.29, 1.82) is 0 Å². The molecule has 1 amide bonds. The summed E-state index contributed by atoms with van der Waals surface area (Å²) in [5, 5.41) is 3.78. The van der Waals surface area contributed by atoms with Crippen LogP contribution >= 0.6 is 15.9 Å². The Morgan fingerprint density at radius 3 is 2.75 bits per heavy atom. The second kappa shape index (κ2) is 4.85. The summed E-state index contributed by atoms with van der Waals surface area (Å²) >= 11 is 3.33. The molecule has 1 saturated carbocycles. The largest absolute Gasteiger partial charge is 0.353 e. The molecule has 0 bridgehead atoms. The highest BCUT2D eigenvalue weighted by Gasteiger charge is 2.20. The standard InChI is InChI=1S/C9H16BrNO/c1-7(6-10)11-9(12)5-8-3-2-4-8/h7-8H,2-6H2,1H3,(H,11,12). The van der Waals surface area contributed by atoms with Gasteiger partial charge in [-0.25, -0.2) is 0 Å². The van der Waals surface area contributed by atoms with E-state index in [1.54, 1.807) is 0 Å². The van der Waals surface area contributed by atoms with E-state index in [1.807, 2.05) is 6.92 Å². The average molecular weight is 234 g/mol.